The van der Waals surface area contributed by atoms with Gasteiger partial charge in [0.15, 0.2) is 5.75 Å². The molecule has 0 aliphatic heterocycles. The van der Waals surface area contributed by atoms with Crippen LogP contribution < -0.4 is 14.8 Å². The molecule has 1 aliphatic rings. The van der Waals surface area contributed by atoms with Crippen LogP contribution in [0.3, 0.4) is 0 Å². The first-order valence-corrected chi connectivity index (χ1v) is 12.7. The highest BCUT2D eigenvalue weighted by Crippen LogP contribution is 2.32. The van der Waals surface area contributed by atoms with E-state index in [0.717, 1.165) is 17.7 Å². The van der Waals surface area contributed by atoms with Gasteiger partial charge in [-0.25, -0.2) is 4.98 Å². The number of rotatable bonds is 11. The highest BCUT2D eigenvalue weighted by atomic mass is 32.2. The summed E-state index contributed by atoms with van der Waals surface area (Å²) in [4.78, 5) is 43.3. The van der Waals surface area contributed by atoms with Crippen LogP contribution in [0.4, 0.5) is 5.69 Å². The molecule has 0 saturated heterocycles. The zero-order valence-electron chi connectivity index (χ0n) is 19.7. The van der Waals surface area contributed by atoms with E-state index in [0.29, 0.717) is 35.7 Å². The van der Waals surface area contributed by atoms with Crippen LogP contribution in [0, 0.1) is 12.8 Å². The number of carbonyl (C=O) groups excluding carboxylic acids is 3. The third-order valence-electron chi connectivity index (χ3n) is 5.54. The van der Waals surface area contributed by atoms with E-state index >= 15 is 0 Å². The molecule has 2 aromatic rings. The van der Waals surface area contributed by atoms with Crippen LogP contribution in [-0.2, 0) is 20.8 Å². The molecule has 9 nitrogen and oxygen atoms in total. The van der Waals surface area contributed by atoms with E-state index in [1.54, 1.807) is 44.2 Å². The largest absolute Gasteiger partial charge is 0.616 e. The zero-order valence-corrected chi connectivity index (χ0v) is 20.5. The molecule has 10 heteroatoms. The first-order valence-electron chi connectivity index (χ1n) is 11.0. The van der Waals surface area contributed by atoms with Crippen molar-refractivity contribution in [3.63, 3.8) is 0 Å². The van der Waals surface area contributed by atoms with Crippen LogP contribution in [0.25, 0.3) is 0 Å². The van der Waals surface area contributed by atoms with Crippen molar-refractivity contribution in [2.75, 3.05) is 31.0 Å². The van der Waals surface area contributed by atoms with Gasteiger partial charge in [-0.1, -0.05) is 17.2 Å². The number of nitrogens with zero attached hydrogens (tertiary/aromatic N) is 2. The summed E-state index contributed by atoms with van der Waals surface area (Å²) in [5.41, 5.74) is 1.66. The normalized spacial score (nSPS) is 14.6. The lowest BCUT2D eigenvalue weighted by Crippen LogP contribution is -2.38. The lowest BCUT2D eigenvalue weighted by atomic mass is 10.0. The van der Waals surface area contributed by atoms with Crippen molar-refractivity contribution in [1.82, 2.24) is 9.88 Å². The van der Waals surface area contributed by atoms with Crippen LogP contribution in [-0.4, -0.2) is 58.4 Å². The molecule has 1 aromatic heterocycles. The fraction of sp³-hybridized carbons (Fsp3) is 0.417. The maximum absolute atomic E-state index is 13.5. The molecule has 1 fully saturated rings. The molecule has 2 atom stereocenters. The van der Waals surface area contributed by atoms with Gasteiger partial charge in [-0.15, -0.1) is 0 Å². The van der Waals surface area contributed by atoms with Crippen LogP contribution >= 0.6 is 0 Å². The monoisotopic (exact) mass is 487 g/mol. The lowest BCUT2D eigenvalue weighted by Gasteiger charge is -2.27. The Morgan fingerprint density at radius 3 is 2.65 bits per heavy atom. The van der Waals surface area contributed by atoms with Gasteiger partial charge < -0.3 is 19.3 Å². The third-order valence-corrected chi connectivity index (χ3v) is 6.32. The lowest BCUT2D eigenvalue weighted by molar-refractivity contribution is -0.118. The van der Waals surface area contributed by atoms with Crippen molar-refractivity contribution < 1.29 is 28.4 Å². The van der Waals surface area contributed by atoms with Gasteiger partial charge in [0.25, 0.3) is 11.8 Å². The summed E-state index contributed by atoms with van der Waals surface area (Å²) >= 11 is -1.35. The summed E-state index contributed by atoms with van der Waals surface area (Å²) in [6, 6.07) is 7.30. The number of hydrogen-bond donors (Lipinski definition) is 1. The molecule has 1 saturated carbocycles. The minimum atomic E-state index is -1.35. The fourth-order valence-corrected chi connectivity index (χ4v) is 4.31. The Kier molecular flexibility index (Phi) is 8.51. The van der Waals surface area contributed by atoms with Gasteiger partial charge in [-0.05, 0) is 56.5 Å². The number of ether oxygens (including phenoxy) is 2. The van der Waals surface area contributed by atoms with Crippen LogP contribution in [0.1, 0.15) is 47.4 Å². The van der Waals surface area contributed by atoms with Gasteiger partial charge in [0.2, 0.25) is 12.3 Å². The van der Waals surface area contributed by atoms with E-state index in [4.69, 9.17) is 9.47 Å². The van der Waals surface area contributed by atoms with E-state index in [-0.39, 0.29) is 29.0 Å². The molecule has 3 amide bonds. The Bertz CT molecular complexity index is 1060. The molecule has 1 aromatic carbocycles. The number of nitrogens with one attached hydrogen (secondary N) is 1. The second kappa shape index (κ2) is 11.3. The summed E-state index contributed by atoms with van der Waals surface area (Å²) in [6.07, 6.45) is 3.63. The van der Waals surface area contributed by atoms with Crippen LogP contribution in [0.15, 0.2) is 30.3 Å². The summed E-state index contributed by atoms with van der Waals surface area (Å²) in [7, 11) is 1.48. The standard InChI is InChI=1S/C24H29N3O6S/c1-5-33-23-21(32-3)12-11-19(26-23)20(13-34(4)31)27(14-28)24(30)17-7-6-8-18(15(17)2)25-22(29)16-9-10-16/h6-8,11-12,14,16,20H,5,9-10,13H2,1-4H3,(H,25,29). The Morgan fingerprint density at radius 2 is 2.06 bits per heavy atom. The Labute approximate surface area is 202 Å². The van der Waals surface area contributed by atoms with Crippen LogP contribution in [0.2, 0.25) is 0 Å². The van der Waals surface area contributed by atoms with E-state index in [1.165, 1.54) is 13.4 Å². The fourth-order valence-electron chi connectivity index (χ4n) is 3.54. The second-order valence-corrected chi connectivity index (χ2v) is 9.47. The van der Waals surface area contributed by atoms with Gasteiger partial charge in [-0.2, -0.15) is 0 Å². The van der Waals surface area contributed by atoms with Crippen molar-refractivity contribution in [3.8, 4) is 11.6 Å². The second-order valence-electron chi connectivity index (χ2n) is 7.99. The summed E-state index contributed by atoms with van der Waals surface area (Å²) < 4.78 is 23.0. The predicted molar refractivity (Wildman–Crippen MR) is 128 cm³/mol. The number of pyridine rings is 1. The average molecular weight is 488 g/mol. The first-order chi connectivity index (χ1) is 16.3. The number of methoxy groups -OCH3 is 1. The Hall–Kier alpha value is -3.11. The van der Waals surface area contributed by atoms with Crippen molar-refractivity contribution in [2.45, 2.75) is 32.7 Å². The maximum Gasteiger partial charge on any atom is 0.261 e. The van der Waals surface area contributed by atoms with Gasteiger partial charge in [0.05, 0.1) is 25.7 Å². The zero-order chi connectivity index (χ0) is 24.8. The first kappa shape index (κ1) is 25.5. The molecule has 0 bridgehead atoms. The van der Waals surface area contributed by atoms with Crippen molar-refractivity contribution in [2.24, 2.45) is 5.92 Å². The molecule has 1 heterocycles. The number of imide groups is 1. The molecule has 182 valence electrons. The molecular weight excluding hydrogens is 458 g/mol. The summed E-state index contributed by atoms with van der Waals surface area (Å²) in [6.45, 7) is 3.85. The molecule has 3 rings (SSSR count). The molecular formula is C24H29N3O6S. The third kappa shape index (κ3) is 5.87. The molecule has 34 heavy (non-hydrogen) atoms. The summed E-state index contributed by atoms with van der Waals surface area (Å²) in [5.74, 6) is -0.0393. The maximum atomic E-state index is 13.5. The van der Waals surface area contributed by atoms with E-state index < -0.39 is 23.1 Å². The van der Waals surface area contributed by atoms with Crippen LogP contribution in [0.5, 0.6) is 11.6 Å². The quantitative estimate of drug-likeness (QED) is 0.382. The SMILES string of the molecule is CCOc1nc(C(C[S+](C)[O-])N(C=O)C(=O)c2cccc(NC(=O)C3CC3)c2C)ccc1OC. The molecule has 1 aliphatic carbocycles. The van der Waals surface area contributed by atoms with Gasteiger partial charge >= 0.3 is 0 Å². The molecule has 0 radical (unpaired) electrons. The number of aromatic nitrogens is 1. The molecule has 2 unspecified atom stereocenters. The highest BCUT2D eigenvalue weighted by Gasteiger charge is 2.33. The topological polar surface area (TPSA) is 121 Å². The number of hydrogen-bond acceptors (Lipinski definition) is 7. The van der Waals surface area contributed by atoms with Crippen molar-refractivity contribution in [3.05, 3.63) is 47.2 Å². The van der Waals surface area contributed by atoms with E-state index in [1.807, 2.05) is 0 Å². The number of amides is 3. The molecule has 0 spiro atoms. The predicted octanol–water partition coefficient (Wildman–Crippen LogP) is 2.86. The Morgan fingerprint density at radius 1 is 1.32 bits per heavy atom. The summed E-state index contributed by atoms with van der Waals surface area (Å²) in [5, 5.41) is 2.86. The number of anilines is 1. The van der Waals surface area contributed by atoms with Gasteiger partial charge in [0, 0.05) is 17.2 Å². The number of benzene rings is 1. The highest BCUT2D eigenvalue weighted by molar-refractivity contribution is 7.90. The van der Waals surface area contributed by atoms with Gasteiger partial charge in [0.1, 0.15) is 11.8 Å². The van der Waals surface area contributed by atoms with E-state index in [9.17, 15) is 18.9 Å². The smallest absolute Gasteiger partial charge is 0.261 e. The van der Waals surface area contributed by atoms with Crippen molar-refractivity contribution in [1.29, 1.82) is 0 Å². The van der Waals surface area contributed by atoms with E-state index in [2.05, 4.69) is 10.3 Å². The number of carbonyl (C=O) groups is 3. The Balaban J connectivity index is 1.96. The average Bonchev–Trinajstić information content (AvgIpc) is 3.66. The molecule has 1 N–H and O–H groups in total. The minimum absolute atomic E-state index is 0.00741. The minimum Gasteiger partial charge on any atom is -0.616 e. The van der Waals surface area contributed by atoms with Crippen molar-refractivity contribution >= 4 is 35.1 Å². The van der Waals surface area contributed by atoms with Gasteiger partial charge in [-0.3, -0.25) is 19.3 Å².